The summed E-state index contributed by atoms with van der Waals surface area (Å²) in [6.07, 6.45) is 9.56. The molecule has 0 aromatic rings. The molecule has 19 heavy (non-hydrogen) atoms. The van der Waals surface area contributed by atoms with Gasteiger partial charge >= 0.3 is 0 Å². The van der Waals surface area contributed by atoms with Gasteiger partial charge in [-0.05, 0) is 12.0 Å². The minimum atomic E-state index is 0.567. The van der Waals surface area contributed by atoms with E-state index in [0.717, 1.165) is 26.3 Å². The quantitative estimate of drug-likeness (QED) is 0.640. The Morgan fingerprint density at radius 2 is 2.11 bits per heavy atom. The molecule has 1 rings (SSSR count). The first kappa shape index (κ1) is 18.1. The highest BCUT2D eigenvalue weighted by molar-refractivity contribution is 5.22. The van der Waals surface area contributed by atoms with Crippen molar-refractivity contribution in [1.29, 1.82) is 0 Å². The maximum Gasteiger partial charge on any atom is 0.0622 e. The lowest BCUT2D eigenvalue weighted by Crippen LogP contribution is -2.46. The van der Waals surface area contributed by atoms with Gasteiger partial charge in [-0.3, -0.25) is 4.90 Å². The lowest BCUT2D eigenvalue weighted by molar-refractivity contribution is -0.00607. The Kier molecular flexibility index (Phi) is 11.6. The predicted molar refractivity (Wildman–Crippen MR) is 85.5 cm³/mol. The van der Waals surface area contributed by atoms with E-state index < -0.39 is 0 Å². The van der Waals surface area contributed by atoms with Crippen LogP contribution in [0.4, 0.5) is 0 Å². The molecule has 1 fully saturated rings. The average Bonchev–Trinajstić information content (AvgIpc) is 2.48. The smallest absolute Gasteiger partial charge is 0.0622 e. The van der Waals surface area contributed by atoms with Crippen LogP contribution in [0.2, 0.25) is 0 Å². The van der Waals surface area contributed by atoms with Crippen molar-refractivity contribution in [2.45, 2.75) is 46.1 Å². The Morgan fingerprint density at radius 3 is 2.68 bits per heavy atom. The van der Waals surface area contributed by atoms with Crippen LogP contribution in [-0.2, 0) is 4.74 Å². The summed E-state index contributed by atoms with van der Waals surface area (Å²) in [5, 5.41) is 0. The molecule has 110 valence electrons. The summed E-state index contributed by atoms with van der Waals surface area (Å²) in [5.41, 5.74) is 1.24. The van der Waals surface area contributed by atoms with Gasteiger partial charge in [0.05, 0.1) is 13.2 Å². The largest absolute Gasteiger partial charge is 0.378 e. The van der Waals surface area contributed by atoms with E-state index in [-0.39, 0.29) is 0 Å². The number of unbranched alkanes of at least 4 members (excludes halogenated alkanes) is 1. The molecule has 0 bridgehead atoms. The van der Waals surface area contributed by atoms with Gasteiger partial charge < -0.3 is 4.74 Å². The second-order valence-corrected chi connectivity index (χ2v) is 4.52. The summed E-state index contributed by atoms with van der Waals surface area (Å²) < 4.78 is 5.58. The summed E-state index contributed by atoms with van der Waals surface area (Å²) >= 11 is 0. The average molecular weight is 265 g/mol. The van der Waals surface area contributed by atoms with Gasteiger partial charge in [-0.1, -0.05) is 65.0 Å². The van der Waals surface area contributed by atoms with Crippen LogP contribution in [0.25, 0.3) is 0 Å². The normalized spacial score (nSPS) is 20.4. The molecule has 0 aromatic carbocycles. The SMILES string of the molecule is C=C/C=C(\C=C)CN1CCOCC1CCCC.CC. The first-order valence-electron chi connectivity index (χ1n) is 7.57. The van der Waals surface area contributed by atoms with Crippen LogP contribution >= 0.6 is 0 Å². The van der Waals surface area contributed by atoms with E-state index in [4.69, 9.17) is 4.74 Å². The minimum Gasteiger partial charge on any atom is -0.378 e. The van der Waals surface area contributed by atoms with Crippen LogP contribution in [0.5, 0.6) is 0 Å². The molecule has 1 unspecified atom stereocenters. The summed E-state index contributed by atoms with van der Waals surface area (Å²) in [6, 6.07) is 0.567. The number of rotatable bonds is 7. The number of allylic oxidation sites excluding steroid dienone is 2. The second kappa shape index (κ2) is 12.2. The van der Waals surface area contributed by atoms with Gasteiger partial charge in [0, 0.05) is 19.1 Å². The van der Waals surface area contributed by atoms with E-state index in [1.54, 1.807) is 0 Å². The zero-order valence-corrected chi connectivity index (χ0v) is 13.0. The maximum absolute atomic E-state index is 5.58. The van der Waals surface area contributed by atoms with E-state index in [1.165, 1.54) is 24.8 Å². The minimum absolute atomic E-state index is 0.567. The third-order valence-electron chi connectivity index (χ3n) is 3.22. The zero-order valence-electron chi connectivity index (χ0n) is 13.0. The van der Waals surface area contributed by atoms with Gasteiger partial charge in [-0.25, -0.2) is 0 Å². The second-order valence-electron chi connectivity index (χ2n) is 4.52. The molecule has 2 nitrogen and oxygen atoms in total. The summed E-state index contributed by atoms with van der Waals surface area (Å²) in [4.78, 5) is 2.51. The summed E-state index contributed by atoms with van der Waals surface area (Å²) in [7, 11) is 0. The number of ether oxygens (including phenoxy) is 1. The van der Waals surface area contributed by atoms with Crippen molar-refractivity contribution in [3.8, 4) is 0 Å². The lowest BCUT2D eigenvalue weighted by atomic mass is 10.1. The van der Waals surface area contributed by atoms with Crippen LogP contribution < -0.4 is 0 Å². The van der Waals surface area contributed by atoms with Crippen molar-refractivity contribution in [3.63, 3.8) is 0 Å². The third-order valence-corrected chi connectivity index (χ3v) is 3.22. The van der Waals surface area contributed by atoms with Crippen molar-refractivity contribution < 1.29 is 4.74 Å². The van der Waals surface area contributed by atoms with Crippen LogP contribution in [0, 0.1) is 0 Å². The third kappa shape index (κ3) is 7.34. The topological polar surface area (TPSA) is 12.5 Å². The van der Waals surface area contributed by atoms with Gasteiger partial charge in [0.2, 0.25) is 0 Å². The molecule has 0 amide bonds. The standard InChI is InChI=1S/C15H25NO.C2H6/c1-4-7-9-15-13-17-11-10-16(15)12-14(6-3)8-5-2;1-2/h5-6,8,15H,2-4,7,9-13H2,1H3;1-2H3/b14-8+;. The molecule has 1 heterocycles. The van der Waals surface area contributed by atoms with Crippen molar-refractivity contribution in [1.82, 2.24) is 4.90 Å². The molecule has 0 N–H and O–H groups in total. The van der Waals surface area contributed by atoms with Crippen LogP contribution in [0.1, 0.15) is 40.0 Å². The van der Waals surface area contributed by atoms with Gasteiger partial charge in [-0.15, -0.1) is 0 Å². The molecule has 1 atom stereocenters. The van der Waals surface area contributed by atoms with Gasteiger partial charge in [0.25, 0.3) is 0 Å². The molecule has 0 radical (unpaired) electrons. The van der Waals surface area contributed by atoms with Crippen molar-refractivity contribution in [2.24, 2.45) is 0 Å². The molecule has 1 aliphatic heterocycles. The molecule has 0 spiro atoms. The Bertz CT molecular complexity index is 270. The number of morpholine rings is 1. The Morgan fingerprint density at radius 1 is 1.37 bits per heavy atom. The predicted octanol–water partition coefficient (Wildman–Crippen LogP) is 4.20. The van der Waals surface area contributed by atoms with Crippen LogP contribution in [-0.4, -0.2) is 37.2 Å². The number of nitrogens with zero attached hydrogens (tertiary/aromatic N) is 1. The highest BCUT2D eigenvalue weighted by Gasteiger charge is 2.22. The molecule has 1 aliphatic rings. The molecule has 0 aliphatic carbocycles. The van der Waals surface area contributed by atoms with Crippen molar-refractivity contribution in [3.05, 3.63) is 37.0 Å². The maximum atomic E-state index is 5.58. The molecule has 2 heteroatoms. The van der Waals surface area contributed by atoms with Gasteiger partial charge in [-0.2, -0.15) is 0 Å². The Hall–Kier alpha value is -0.860. The lowest BCUT2D eigenvalue weighted by Gasteiger charge is -2.36. The fourth-order valence-corrected chi connectivity index (χ4v) is 2.17. The zero-order chi connectivity index (χ0) is 14.5. The number of hydrogen-bond donors (Lipinski definition) is 0. The molecule has 1 saturated heterocycles. The molecular formula is C17H31NO. The fraction of sp³-hybridized carbons (Fsp3) is 0.647. The van der Waals surface area contributed by atoms with E-state index in [2.05, 4.69) is 25.0 Å². The molecular weight excluding hydrogens is 234 g/mol. The highest BCUT2D eigenvalue weighted by atomic mass is 16.5. The number of hydrogen-bond acceptors (Lipinski definition) is 2. The van der Waals surface area contributed by atoms with Gasteiger partial charge in [0.15, 0.2) is 0 Å². The van der Waals surface area contributed by atoms with E-state index in [0.29, 0.717) is 6.04 Å². The Labute approximate surface area is 119 Å². The highest BCUT2D eigenvalue weighted by Crippen LogP contribution is 2.15. The van der Waals surface area contributed by atoms with Crippen molar-refractivity contribution >= 4 is 0 Å². The van der Waals surface area contributed by atoms with Crippen LogP contribution in [0.3, 0.4) is 0 Å². The Balaban J connectivity index is 0.00000154. The van der Waals surface area contributed by atoms with Crippen LogP contribution in [0.15, 0.2) is 37.0 Å². The summed E-state index contributed by atoms with van der Waals surface area (Å²) in [5.74, 6) is 0. The van der Waals surface area contributed by atoms with E-state index >= 15 is 0 Å². The molecule has 0 aromatic heterocycles. The first-order chi connectivity index (χ1) is 9.31. The van der Waals surface area contributed by atoms with Gasteiger partial charge in [0.1, 0.15) is 0 Å². The summed E-state index contributed by atoms with van der Waals surface area (Å²) in [6.45, 7) is 17.5. The first-order valence-corrected chi connectivity index (χ1v) is 7.57. The van der Waals surface area contributed by atoms with E-state index in [9.17, 15) is 0 Å². The van der Waals surface area contributed by atoms with Crippen molar-refractivity contribution in [2.75, 3.05) is 26.3 Å². The monoisotopic (exact) mass is 265 g/mol. The fourth-order valence-electron chi connectivity index (χ4n) is 2.17. The molecule has 0 saturated carbocycles. The van der Waals surface area contributed by atoms with E-state index in [1.807, 2.05) is 32.1 Å².